The molecule has 1 aromatic carbocycles. The maximum Gasteiger partial charge on any atom is 0.150 e. The van der Waals surface area contributed by atoms with E-state index in [2.05, 4.69) is 11.4 Å². The molecule has 4 heteroatoms. The number of sulfone groups is 1. The lowest BCUT2D eigenvalue weighted by molar-refractivity contribution is 0.551. The molecule has 1 aliphatic heterocycles. The molecule has 88 valence electrons. The second-order valence-corrected chi connectivity index (χ2v) is 6.62. The van der Waals surface area contributed by atoms with Crippen molar-refractivity contribution in [3.8, 4) is 0 Å². The fourth-order valence-electron chi connectivity index (χ4n) is 2.16. The van der Waals surface area contributed by atoms with Gasteiger partial charge in [0.1, 0.15) is 0 Å². The predicted octanol–water partition coefficient (Wildman–Crippen LogP) is 1.31. The van der Waals surface area contributed by atoms with Crippen LogP contribution in [-0.4, -0.2) is 26.5 Å². The topological polar surface area (TPSA) is 46.2 Å². The summed E-state index contributed by atoms with van der Waals surface area (Å²) < 4.78 is 23.3. The van der Waals surface area contributed by atoms with Crippen LogP contribution in [0.4, 0.5) is 0 Å². The fourth-order valence-corrected chi connectivity index (χ4v) is 3.30. The highest BCUT2D eigenvalue weighted by atomic mass is 32.2. The number of fused-ring (bicyclic) bond motifs is 1. The largest absolute Gasteiger partial charge is 0.312 e. The van der Waals surface area contributed by atoms with Crippen molar-refractivity contribution in [2.24, 2.45) is 0 Å². The first-order valence-electron chi connectivity index (χ1n) is 5.61. The van der Waals surface area contributed by atoms with E-state index < -0.39 is 9.84 Å². The van der Waals surface area contributed by atoms with Crippen molar-refractivity contribution in [2.45, 2.75) is 19.4 Å². The molecule has 1 atom stereocenters. The summed E-state index contributed by atoms with van der Waals surface area (Å²) in [4.78, 5) is 0. The fraction of sp³-hybridized carbons (Fsp3) is 0.500. The summed E-state index contributed by atoms with van der Waals surface area (Å²) in [5.41, 5.74) is 2.42. The second-order valence-electron chi connectivity index (χ2n) is 4.23. The molecule has 0 saturated heterocycles. The monoisotopic (exact) mass is 239 g/mol. The van der Waals surface area contributed by atoms with E-state index in [1.165, 1.54) is 11.1 Å². The van der Waals surface area contributed by atoms with Crippen molar-refractivity contribution < 1.29 is 8.42 Å². The lowest BCUT2D eigenvalue weighted by Crippen LogP contribution is -2.32. The molecule has 1 N–H and O–H groups in total. The SMILES string of the molecule is CCS(=O)(=O)CC1CNCc2ccccc21. The number of rotatable bonds is 3. The Hall–Kier alpha value is -0.870. The van der Waals surface area contributed by atoms with Crippen LogP contribution in [0, 0.1) is 0 Å². The minimum Gasteiger partial charge on any atom is -0.312 e. The first kappa shape index (κ1) is 11.6. The van der Waals surface area contributed by atoms with Gasteiger partial charge in [0.05, 0.1) is 5.75 Å². The average molecular weight is 239 g/mol. The van der Waals surface area contributed by atoms with E-state index in [0.29, 0.717) is 0 Å². The van der Waals surface area contributed by atoms with Crippen LogP contribution in [0.2, 0.25) is 0 Å². The van der Waals surface area contributed by atoms with Crippen molar-refractivity contribution in [1.29, 1.82) is 0 Å². The van der Waals surface area contributed by atoms with Crippen LogP contribution in [0.3, 0.4) is 0 Å². The quantitative estimate of drug-likeness (QED) is 0.865. The summed E-state index contributed by atoms with van der Waals surface area (Å²) in [7, 11) is -2.90. The van der Waals surface area contributed by atoms with E-state index in [1.807, 2.05) is 18.2 Å². The molecule has 1 unspecified atom stereocenters. The molecule has 0 aromatic heterocycles. The number of hydrogen-bond donors (Lipinski definition) is 1. The predicted molar refractivity (Wildman–Crippen MR) is 65.2 cm³/mol. The van der Waals surface area contributed by atoms with Gasteiger partial charge in [-0.15, -0.1) is 0 Å². The van der Waals surface area contributed by atoms with Gasteiger partial charge in [-0.05, 0) is 11.1 Å². The average Bonchev–Trinajstić information content (AvgIpc) is 2.29. The normalized spacial score (nSPS) is 20.4. The minimum absolute atomic E-state index is 0.106. The van der Waals surface area contributed by atoms with Crippen molar-refractivity contribution in [2.75, 3.05) is 18.1 Å². The van der Waals surface area contributed by atoms with Gasteiger partial charge in [0.15, 0.2) is 9.84 Å². The Kier molecular flexibility index (Phi) is 3.30. The Balaban J connectivity index is 2.26. The lowest BCUT2D eigenvalue weighted by Gasteiger charge is -2.26. The number of benzene rings is 1. The van der Waals surface area contributed by atoms with Gasteiger partial charge in [-0.2, -0.15) is 0 Å². The summed E-state index contributed by atoms with van der Waals surface area (Å²) in [6.45, 7) is 3.31. The molecule has 3 nitrogen and oxygen atoms in total. The molecular weight excluding hydrogens is 222 g/mol. The molecule has 0 aliphatic carbocycles. The van der Waals surface area contributed by atoms with Crippen LogP contribution in [0.15, 0.2) is 24.3 Å². The molecule has 0 radical (unpaired) electrons. The van der Waals surface area contributed by atoms with Gasteiger partial charge >= 0.3 is 0 Å². The third-order valence-corrected chi connectivity index (χ3v) is 4.89. The molecule has 0 bridgehead atoms. The van der Waals surface area contributed by atoms with Crippen molar-refractivity contribution >= 4 is 9.84 Å². The molecule has 2 rings (SSSR count). The van der Waals surface area contributed by atoms with Crippen molar-refractivity contribution in [3.05, 3.63) is 35.4 Å². The van der Waals surface area contributed by atoms with Crippen LogP contribution in [0.1, 0.15) is 24.0 Å². The van der Waals surface area contributed by atoms with Gasteiger partial charge in [-0.3, -0.25) is 0 Å². The highest BCUT2D eigenvalue weighted by Crippen LogP contribution is 2.25. The number of hydrogen-bond acceptors (Lipinski definition) is 3. The van der Waals surface area contributed by atoms with E-state index in [-0.39, 0.29) is 17.4 Å². The van der Waals surface area contributed by atoms with E-state index >= 15 is 0 Å². The summed E-state index contributed by atoms with van der Waals surface area (Å²) in [6, 6.07) is 8.09. The zero-order valence-electron chi connectivity index (χ0n) is 9.44. The van der Waals surface area contributed by atoms with E-state index in [4.69, 9.17) is 0 Å². The standard InChI is InChI=1S/C12H17NO2S/c1-2-16(14,15)9-11-8-13-7-10-5-3-4-6-12(10)11/h3-6,11,13H,2,7-9H2,1H3. The number of nitrogens with one attached hydrogen (secondary N) is 1. The summed E-state index contributed by atoms with van der Waals surface area (Å²) in [6.07, 6.45) is 0. The van der Waals surface area contributed by atoms with Crippen molar-refractivity contribution in [3.63, 3.8) is 0 Å². The molecular formula is C12H17NO2S. The minimum atomic E-state index is -2.90. The highest BCUT2D eigenvalue weighted by Gasteiger charge is 2.24. The highest BCUT2D eigenvalue weighted by molar-refractivity contribution is 7.91. The summed E-state index contributed by atoms with van der Waals surface area (Å²) in [5, 5.41) is 3.27. The van der Waals surface area contributed by atoms with E-state index in [9.17, 15) is 8.42 Å². The molecule has 1 heterocycles. The van der Waals surface area contributed by atoms with Gasteiger partial charge < -0.3 is 5.32 Å². The van der Waals surface area contributed by atoms with Crippen LogP contribution < -0.4 is 5.32 Å². The molecule has 0 spiro atoms. The van der Waals surface area contributed by atoms with Gasteiger partial charge in [0.2, 0.25) is 0 Å². The maximum atomic E-state index is 11.6. The third kappa shape index (κ3) is 2.44. The Bertz CT molecular complexity index is 468. The third-order valence-electron chi connectivity index (χ3n) is 3.10. The maximum absolute atomic E-state index is 11.6. The van der Waals surface area contributed by atoms with Crippen LogP contribution in [0.25, 0.3) is 0 Å². The van der Waals surface area contributed by atoms with Gasteiger partial charge in [0, 0.05) is 24.8 Å². The van der Waals surface area contributed by atoms with Crippen LogP contribution in [-0.2, 0) is 16.4 Å². The van der Waals surface area contributed by atoms with E-state index in [1.54, 1.807) is 6.92 Å². The van der Waals surface area contributed by atoms with Gasteiger partial charge in [0.25, 0.3) is 0 Å². The first-order valence-corrected chi connectivity index (χ1v) is 7.43. The Morgan fingerprint density at radius 2 is 2.12 bits per heavy atom. The Morgan fingerprint density at radius 1 is 1.38 bits per heavy atom. The summed E-state index contributed by atoms with van der Waals surface area (Å²) in [5.74, 6) is 0.592. The Labute approximate surface area is 96.8 Å². The lowest BCUT2D eigenvalue weighted by atomic mass is 9.92. The molecule has 16 heavy (non-hydrogen) atoms. The first-order chi connectivity index (χ1) is 7.62. The van der Waals surface area contributed by atoms with Gasteiger partial charge in [-0.1, -0.05) is 31.2 Å². The molecule has 1 aromatic rings. The summed E-state index contributed by atoms with van der Waals surface area (Å²) >= 11 is 0. The molecule has 0 saturated carbocycles. The molecule has 0 fully saturated rings. The van der Waals surface area contributed by atoms with Crippen molar-refractivity contribution in [1.82, 2.24) is 5.32 Å². The smallest absolute Gasteiger partial charge is 0.150 e. The zero-order valence-corrected chi connectivity index (χ0v) is 10.3. The molecule has 1 aliphatic rings. The van der Waals surface area contributed by atoms with E-state index in [0.717, 1.165) is 13.1 Å². The van der Waals surface area contributed by atoms with Crippen LogP contribution in [0.5, 0.6) is 0 Å². The Morgan fingerprint density at radius 3 is 2.88 bits per heavy atom. The van der Waals surface area contributed by atoms with Gasteiger partial charge in [-0.25, -0.2) is 8.42 Å². The van der Waals surface area contributed by atoms with Crippen LogP contribution >= 0.6 is 0 Å². The molecule has 0 amide bonds. The second kappa shape index (κ2) is 4.55. The zero-order chi connectivity index (χ0) is 11.6.